The van der Waals surface area contributed by atoms with Gasteiger partial charge < -0.3 is 4.90 Å². The largest absolute Gasteiger partial charge is 0.353 e. The molecule has 0 saturated carbocycles. The van der Waals surface area contributed by atoms with E-state index in [1.165, 1.54) is 6.33 Å². The lowest BCUT2D eigenvalue weighted by Gasteiger charge is -2.21. The van der Waals surface area contributed by atoms with Crippen LogP contribution in [0, 0.1) is 17.1 Å². The Bertz CT molecular complexity index is 386. The van der Waals surface area contributed by atoms with Gasteiger partial charge >= 0.3 is 0 Å². The molecule has 1 rings (SSSR count). The molecule has 1 aromatic rings. The lowest BCUT2D eigenvalue weighted by Crippen LogP contribution is -2.26. The van der Waals surface area contributed by atoms with E-state index in [-0.39, 0.29) is 5.82 Å². The molecular weight excluding hydrogens is 207 g/mol. The molecule has 0 aliphatic carbocycles. The van der Waals surface area contributed by atoms with Gasteiger partial charge in [0.1, 0.15) is 6.33 Å². The van der Waals surface area contributed by atoms with Gasteiger partial charge in [-0.15, -0.1) is 0 Å². The molecule has 0 aliphatic rings. The van der Waals surface area contributed by atoms with Gasteiger partial charge in [0.05, 0.1) is 18.2 Å². The number of hydrogen-bond donors (Lipinski definition) is 0. The van der Waals surface area contributed by atoms with Crippen LogP contribution in [0.4, 0.5) is 10.2 Å². The first kappa shape index (κ1) is 12.4. The fourth-order valence-electron chi connectivity index (χ4n) is 1.46. The third-order valence-corrected chi connectivity index (χ3v) is 2.35. The highest BCUT2D eigenvalue weighted by molar-refractivity contribution is 5.40. The van der Waals surface area contributed by atoms with Gasteiger partial charge in [-0.3, -0.25) is 0 Å². The number of rotatable bonds is 5. The van der Waals surface area contributed by atoms with E-state index in [4.69, 9.17) is 5.26 Å². The molecule has 0 bridgehead atoms. The Morgan fingerprint density at radius 1 is 1.44 bits per heavy atom. The van der Waals surface area contributed by atoms with Crippen molar-refractivity contribution in [2.75, 3.05) is 18.0 Å². The first-order valence-electron chi connectivity index (χ1n) is 5.35. The number of halogens is 1. The van der Waals surface area contributed by atoms with E-state index in [1.54, 1.807) is 4.90 Å². The van der Waals surface area contributed by atoms with E-state index >= 15 is 0 Å². The molecule has 86 valence electrons. The summed E-state index contributed by atoms with van der Waals surface area (Å²) in [5.74, 6) is -0.0746. The van der Waals surface area contributed by atoms with Crippen molar-refractivity contribution in [1.82, 2.24) is 9.97 Å². The molecule has 0 radical (unpaired) electrons. The average Bonchev–Trinajstić information content (AvgIpc) is 2.32. The summed E-state index contributed by atoms with van der Waals surface area (Å²) in [6.07, 6.45) is 2.27. The van der Waals surface area contributed by atoms with Crippen LogP contribution in [0.1, 0.15) is 26.0 Å². The maximum absolute atomic E-state index is 13.9. The van der Waals surface area contributed by atoms with Gasteiger partial charge in [0, 0.05) is 13.1 Å². The predicted octanol–water partition coefficient (Wildman–Crippen LogP) is 1.92. The van der Waals surface area contributed by atoms with E-state index in [2.05, 4.69) is 9.97 Å². The van der Waals surface area contributed by atoms with Crippen molar-refractivity contribution in [3.8, 4) is 6.07 Å². The second kappa shape index (κ2) is 6.01. The molecule has 4 nitrogen and oxygen atoms in total. The van der Waals surface area contributed by atoms with Crippen molar-refractivity contribution in [3.05, 3.63) is 17.8 Å². The minimum atomic E-state index is -0.371. The summed E-state index contributed by atoms with van der Waals surface area (Å²) in [6, 6.07) is 2.04. The molecule has 1 heterocycles. The molecule has 0 N–H and O–H groups in total. The quantitative estimate of drug-likeness (QED) is 0.763. The average molecular weight is 222 g/mol. The minimum Gasteiger partial charge on any atom is -0.353 e. The van der Waals surface area contributed by atoms with Gasteiger partial charge in [0.25, 0.3) is 0 Å². The third-order valence-electron chi connectivity index (χ3n) is 2.35. The third kappa shape index (κ3) is 2.66. The number of nitriles is 1. The van der Waals surface area contributed by atoms with Gasteiger partial charge in [-0.2, -0.15) is 5.26 Å². The van der Waals surface area contributed by atoms with E-state index in [0.717, 1.165) is 0 Å². The van der Waals surface area contributed by atoms with Crippen LogP contribution in [0.2, 0.25) is 0 Å². The summed E-state index contributed by atoms with van der Waals surface area (Å²) in [5.41, 5.74) is 0.417. The highest BCUT2D eigenvalue weighted by Crippen LogP contribution is 2.18. The Morgan fingerprint density at radius 2 is 2.19 bits per heavy atom. The van der Waals surface area contributed by atoms with Crippen molar-refractivity contribution < 1.29 is 4.39 Å². The molecule has 5 heteroatoms. The summed E-state index contributed by atoms with van der Waals surface area (Å²) in [7, 11) is 0. The fourth-order valence-corrected chi connectivity index (χ4v) is 1.46. The highest BCUT2D eigenvalue weighted by Gasteiger charge is 2.14. The van der Waals surface area contributed by atoms with Gasteiger partial charge in [-0.25, -0.2) is 14.4 Å². The number of aryl methyl sites for hydroxylation is 1. The standard InChI is InChI=1S/C11H15FN4/c1-3-9-10(12)11(15-8-14-9)16(4-2)7-5-6-13/h8H,3-5,7H2,1-2H3. The van der Waals surface area contributed by atoms with Gasteiger partial charge in [-0.1, -0.05) is 6.92 Å². The molecule has 0 fully saturated rings. The smallest absolute Gasteiger partial charge is 0.187 e. The Morgan fingerprint density at radius 3 is 2.75 bits per heavy atom. The summed E-state index contributed by atoms with van der Waals surface area (Å²) in [6.45, 7) is 4.87. The SMILES string of the molecule is CCc1ncnc(N(CC)CCC#N)c1F. The van der Waals surface area contributed by atoms with Crippen LogP contribution >= 0.6 is 0 Å². The lowest BCUT2D eigenvalue weighted by atomic mass is 10.3. The zero-order valence-corrected chi connectivity index (χ0v) is 9.57. The second-order valence-electron chi connectivity index (χ2n) is 3.30. The number of nitrogens with zero attached hydrogens (tertiary/aromatic N) is 4. The van der Waals surface area contributed by atoms with E-state index in [9.17, 15) is 4.39 Å². The first-order valence-corrected chi connectivity index (χ1v) is 5.35. The predicted molar refractivity (Wildman–Crippen MR) is 59.5 cm³/mol. The van der Waals surface area contributed by atoms with Crippen LogP contribution < -0.4 is 4.90 Å². The van der Waals surface area contributed by atoms with Crippen molar-refractivity contribution in [3.63, 3.8) is 0 Å². The van der Waals surface area contributed by atoms with Gasteiger partial charge in [0.2, 0.25) is 0 Å². The van der Waals surface area contributed by atoms with Crippen molar-refractivity contribution in [2.45, 2.75) is 26.7 Å². The first-order chi connectivity index (χ1) is 7.74. The lowest BCUT2D eigenvalue weighted by molar-refractivity contribution is 0.584. The molecule has 1 aromatic heterocycles. The van der Waals surface area contributed by atoms with E-state index in [0.29, 0.717) is 37.4 Å². The van der Waals surface area contributed by atoms with Crippen LogP contribution in [0.15, 0.2) is 6.33 Å². The van der Waals surface area contributed by atoms with Crippen molar-refractivity contribution in [1.29, 1.82) is 5.26 Å². The van der Waals surface area contributed by atoms with Crippen LogP contribution in [-0.4, -0.2) is 23.1 Å². The van der Waals surface area contributed by atoms with Crippen LogP contribution in [0.3, 0.4) is 0 Å². The normalized spacial score (nSPS) is 9.88. The van der Waals surface area contributed by atoms with E-state index < -0.39 is 0 Å². The maximum Gasteiger partial charge on any atom is 0.187 e. The molecular formula is C11H15FN4. The summed E-state index contributed by atoms with van der Waals surface area (Å²) in [4.78, 5) is 9.57. The van der Waals surface area contributed by atoms with Crippen molar-refractivity contribution >= 4 is 5.82 Å². The van der Waals surface area contributed by atoms with Crippen LogP contribution in [0.25, 0.3) is 0 Å². The molecule has 0 aromatic carbocycles. The monoisotopic (exact) mass is 222 g/mol. The summed E-state index contributed by atoms with van der Waals surface area (Å²) >= 11 is 0. The Kier molecular flexibility index (Phi) is 4.65. The van der Waals surface area contributed by atoms with Gasteiger partial charge in [-0.05, 0) is 13.3 Å². The molecule has 0 aliphatic heterocycles. The Labute approximate surface area is 94.7 Å². The fraction of sp³-hybridized carbons (Fsp3) is 0.545. The van der Waals surface area contributed by atoms with Crippen molar-refractivity contribution in [2.24, 2.45) is 0 Å². The number of hydrogen-bond acceptors (Lipinski definition) is 4. The summed E-state index contributed by atoms with van der Waals surface area (Å²) < 4.78 is 13.9. The zero-order chi connectivity index (χ0) is 12.0. The topological polar surface area (TPSA) is 52.8 Å². The Hall–Kier alpha value is -1.70. The van der Waals surface area contributed by atoms with Crippen LogP contribution in [-0.2, 0) is 6.42 Å². The number of anilines is 1. The maximum atomic E-state index is 13.9. The molecule has 0 atom stereocenters. The molecule has 16 heavy (non-hydrogen) atoms. The summed E-state index contributed by atoms with van der Waals surface area (Å²) in [5, 5.41) is 8.52. The highest BCUT2D eigenvalue weighted by atomic mass is 19.1. The molecule has 0 unspecified atom stereocenters. The molecule has 0 saturated heterocycles. The second-order valence-corrected chi connectivity index (χ2v) is 3.30. The van der Waals surface area contributed by atoms with E-state index in [1.807, 2.05) is 19.9 Å². The van der Waals surface area contributed by atoms with Gasteiger partial charge in [0.15, 0.2) is 11.6 Å². The minimum absolute atomic E-state index is 0.296. The Balaban J connectivity index is 2.96. The molecule has 0 amide bonds. The zero-order valence-electron chi connectivity index (χ0n) is 9.57. The number of aromatic nitrogens is 2. The molecule has 0 spiro atoms. The van der Waals surface area contributed by atoms with Crippen LogP contribution in [0.5, 0.6) is 0 Å².